The highest BCUT2D eigenvalue weighted by molar-refractivity contribution is 5.81. The van der Waals surface area contributed by atoms with E-state index >= 15 is 0 Å². The number of carbonyl (C=O) groups excluding carboxylic acids is 1. The lowest BCUT2D eigenvalue weighted by atomic mass is 10.0. The molecule has 1 aromatic rings. The van der Waals surface area contributed by atoms with Gasteiger partial charge in [0.2, 0.25) is 5.91 Å². The lowest BCUT2D eigenvalue weighted by molar-refractivity contribution is -0.120. The van der Waals surface area contributed by atoms with Crippen molar-refractivity contribution in [2.24, 2.45) is 5.73 Å². The summed E-state index contributed by atoms with van der Waals surface area (Å²) in [4.78, 5) is 20.4. The maximum absolute atomic E-state index is 11.7. The Kier molecular flexibility index (Phi) is 4.34. The SMILES string of the molecule is CN1CCN(CC(C(N)=O)c2cc(N)ccn2)CC1. The minimum atomic E-state index is -0.396. The van der Waals surface area contributed by atoms with Crippen molar-refractivity contribution in [1.82, 2.24) is 14.8 Å². The topological polar surface area (TPSA) is 88.5 Å². The number of nitrogens with zero attached hydrogens (tertiary/aromatic N) is 3. The Morgan fingerprint density at radius 3 is 2.68 bits per heavy atom. The van der Waals surface area contributed by atoms with Crippen LogP contribution in [0.4, 0.5) is 5.69 Å². The molecule has 6 nitrogen and oxygen atoms in total. The van der Waals surface area contributed by atoms with Gasteiger partial charge in [-0.15, -0.1) is 0 Å². The highest BCUT2D eigenvalue weighted by atomic mass is 16.1. The second-order valence-electron chi connectivity index (χ2n) is 5.07. The summed E-state index contributed by atoms with van der Waals surface area (Å²) in [5, 5.41) is 0. The number of anilines is 1. The number of rotatable bonds is 4. The van der Waals surface area contributed by atoms with E-state index in [2.05, 4.69) is 21.8 Å². The predicted octanol–water partition coefficient (Wildman–Crippen LogP) is -0.520. The fraction of sp³-hybridized carbons (Fsp3) is 0.538. The Bertz CT molecular complexity index is 442. The molecule has 0 aromatic carbocycles. The Morgan fingerprint density at radius 2 is 2.11 bits per heavy atom. The first-order chi connectivity index (χ1) is 9.06. The van der Waals surface area contributed by atoms with Crippen molar-refractivity contribution >= 4 is 11.6 Å². The van der Waals surface area contributed by atoms with Gasteiger partial charge >= 0.3 is 0 Å². The van der Waals surface area contributed by atoms with Gasteiger partial charge in [-0.25, -0.2) is 0 Å². The molecule has 104 valence electrons. The molecule has 4 N–H and O–H groups in total. The zero-order chi connectivity index (χ0) is 13.8. The highest BCUT2D eigenvalue weighted by Crippen LogP contribution is 2.17. The summed E-state index contributed by atoms with van der Waals surface area (Å²) in [7, 11) is 2.10. The van der Waals surface area contributed by atoms with E-state index in [1.165, 1.54) is 0 Å². The fourth-order valence-electron chi connectivity index (χ4n) is 2.27. The fourth-order valence-corrected chi connectivity index (χ4v) is 2.27. The maximum Gasteiger partial charge on any atom is 0.227 e. The van der Waals surface area contributed by atoms with Gasteiger partial charge in [0.15, 0.2) is 0 Å². The van der Waals surface area contributed by atoms with Crippen LogP contribution in [0.1, 0.15) is 11.6 Å². The molecule has 1 saturated heterocycles. The van der Waals surface area contributed by atoms with E-state index in [-0.39, 0.29) is 5.91 Å². The summed E-state index contributed by atoms with van der Waals surface area (Å²) in [5.74, 6) is -0.746. The molecule has 0 saturated carbocycles. The minimum Gasteiger partial charge on any atom is -0.399 e. The maximum atomic E-state index is 11.7. The largest absolute Gasteiger partial charge is 0.399 e. The van der Waals surface area contributed by atoms with Gasteiger partial charge in [0.05, 0.1) is 11.6 Å². The monoisotopic (exact) mass is 263 g/mol. The van der Waals surface area contributed by atoms with Crippen LogP contribution in [0.15, 0.2) is 18.3 Å². The van der Waals surface area contributed by atoms with Crippen LogP contribution in [0.2, 0.25) is 0 Å². The summed E-state index contributed by atoms with van der Waals surface area (Å²) >= 11 is 0. The van der Waals surface area contributed by atoms with Gasteiger partial charge in [-0.2, -0.15) is 0 Å². The first-order valence-corrected chi connectivity index (χ1v) is 6.48. The standard InChI is InChI=1S/C13H21N5O/c1-17-4-6-18(7-5-17)9-11(13(15)19)12-8-10(14)2-3-16-12/h2-3,8,11H,4-7,9H2,1H3,(H2,14,16)(H2,15,19). The van der Waals surface area contributed by atoms with Gasteiger partial charge in [0.1, 0.15) is 0 Å². The molecular formula is C13H21N5O. The number of hydrogen-bond acceptors (Lipinski definition) is 5. The van der Waals surface area contributed by atoms with Crippen LogP contribution < -0.4 is 11.5 Å². The Hall–Kier alpha value is -1.66. The molecule has 0 spiro atoms. The zero-order valence-corrected chi connectivity index (χ0v) is 11.2. The number of hydrogen-bond donors (Lipinski definition) is 2. The van der Waals surface area contributed by atoms with E-state index in [4.69, 9.17) is 11.5 Å². The van der Waals surface area contributed by atoms with E-state index in [0.29, 0.717) is 17.9 Å². The molecule has 0 bridgehead atoms. The highest BCUT2D eigenvalue weighted by Gasteiger charge is 2.24. The summed E-state index contributed by atoms with van der Waals surface area (Å²) in [6.45, 7) is 4.52. The van der Waals surface area contributed by atoms with Crippen LogP contribution in [-0.2, 0) is 4.79 Å². The third-order valence-electron chi connectivity index (χ3n) is 3.54. The molecule has 19 heavy (non-hydrogen) atoms. The van der Waals surface area contributed by atoms with Gasteiger partial charge in [0.25, 0.3) is 0 Å². The first kappa shape index (κ1) is 13.8. The number of likely N-dealkylation sites (N-methyl/N-ethyl adjacent to an activating group) is 1. The van der Waals surface area contributed by atoms with Crippen molar-refractivity contribution in [2.75, 3.05) is 45.5 Å². The van der Waals surface area contributed by atoms with Crippen LogP contribution in [-0.4, -0.2) is 60.5 Å². The molecule has 1 unspecified atom stereocenters. The molecule has 1 aliphatic heterocycles. The second-order valence-corrected chi connectivity index (χ2v) is 5.07. The number of nitrogen functional groups attached to an aromatic ring is 1. The van der Waals surface area contributed by atoms with Crippen molar-refractivity contribution in [3.05, 3.63) is 24.0 Å². The van der Waals surface area contributed by atoms with Gasteiger partial charge in [-0.05, 0) is 19.2 Å². The van der Waals surface area contributed by atoms with Crippen molar-refractivity contribution in [3.8, 4) is 0 Å². The molecule has 2 rings (SSSR count). The van der Waals surface area contributed by atoms with E-state index < -0.39 is 5.92 Å². The molecule has 0 aliphatic carbocycles. The molecule has 1 aliphatic rings. The molecule has 1 fully saturated rings. The van der Waals surface area contributed by atoms with Crippen LogP contribution in [0.25, 0.3) is 0 Å². The average molecular weight is 263 g/mol. The van der Waals surface area contributed by atoms with Crippen molar-refractivity contribution < 1.29 is 4.79 Å². The third kappa shape index (κ3) is 3.65. The van der Waals surface area contributed by atoms with Crippen molar-refractivity contribution in [3.63, 3.8) is 0 Å². The minimum absolute atomic E-state index is 0.350. The number of aromatic nitrogens is 1. The Labute approximate surface area is 113 Å². The number of amides is 1. The summed E-state index contributed by atoms with van der Waals surface area (Å²) in [6, 6.07) is 3.43. The molecule has 2 heterocycles. The van der Waals surface area contributed by atoms with Crippen LogP contribution in [0.3, 0.4) is 0 Å². The van der Waals surface area contributed by atoms with Crippen LogP contribution >= 0.6 is 0 Å². The number of pyridine rings is 1. The average Bonchev–Trinajstić information content (AvgIpc) is 2.37. The quantitative estimate of drug-likeness (QED) is 0.763. The van der Waals surface area contributed by atoms with Gasteiger partial charge in [0, 0.05) is 44.6 Å². The lowest BCUT2D eigenvalue weighted by Crippen LogP contribution is -2.47. The molecular weight excluding hydrogens is 242 g/mol. The van der Waals surface area contributed by atoms with Crippen molar-refractivity contribution in [1.29, 1.82) is 0 Å². The number of primary amides is 1. The van der Waals surface area contributed by atoms with E-state index in [1.807, 2.05) is 0 Å². The van der Waals surface area contributed by atoms with Crippen molar-refractivity contribution in [2.45, 2.75) is 5.92 Å². The van der Waals surface area contributed by atoms with Crippen LogP contribution in [0, 0.1) is 0 Å². The second kappa shape index (κ2) is 5.99. The van der Waals surface area contributed by atoms with Gasteiger partial charge < -0.3 is 16.4 Å². The van der Waals surface area contributed by atoms with Gasteiger partial charge in [-0.3, -0.25) is 14.7 Å². The molecule has 0 radical (unpaired) electrons. The predicted molar refractivity (Wildman–Crippen MR) is 74.5 cm³/mol. The summed E-state index contributed by atoms with van der Waals surface area (Å²) in [5.41, 5.74) is 12.5. The zero-order valence-electron chi connectivity index (χ0n) is 11.2. The smallest absolute Gasteiger partial charge is 0.227 e. The van der Waals surface area contributed by atoms with Gasteiger partial charge in [-0.1, -0.05) is 0 Å². The number of carbonyl (C=O) groups is 1. The van der Waals surface area contributed by atoms with E-state index in [0.717, 1.165) is 26.2 Å². The third-order valence-corrected chi connectivity index (χ3v) is 3.54. The number of piperazine rings is 1. The lowest BCUT2D eigenvalue weighted by Gasteiger charge is -2.33. The molecule has 1 amide bonds. The Balaban J connectivity index is 2.06. The molecule has 6 heteroatoms. The normalized spacial score (nSPS) is 19.2. The van der Waals surface area contributed by atoms with E-state index in [1.54, 1.807) is 18.3 Å². The Morgan fingerprint density at radius 1 is 1.42 bits per heavy atom. The molecule has 1 aromatic heterocycles. The van der Waals surface area contributed by atoms with Crippen LogP contribution in [0.5, 0.6) is 0 Å². The molecule has 1 atom stereocenters. The number of nitrogens with two attached hydrogens (primary N) is 2. The van der Waals surface area contributed by atoms with E-state index in [9.17, 15) is 4.79 Å². The summed E-state index contributed by atoms with van der Waals surface area (Å²) in [6.07, 6.45) is 1.62. The first-order valence-electron chi connectivity index (χ1n) is 6.48. The summed E-state index contributed by atoms with van der Waals surface area (Å²) < 4.78 is 0.